The molecule has 0 saturated heterocycles. The quantitative estimate of drug-likeness (QED) is 0.523. The molecule has 0 atom stereocenters. The van der Waals surface area contributed by atoms with Gasteiger partial charge in [-0.15, -0.1) is 13.2 Å². The lowest BCUT2D eigenvalue weighted by atomic mass is 10.0. The summed E-state index contributed by atoms with van der Waals surface area (Å²) in [6.07, 6.45) is -3.76. The van der Waals surface area contributed by atoms with Gasteiger partial charge in [0.05, 0.1) is 4.90 Å². The molecular weight excluding hydrogens is 403 g/mol. The first-order valence-corrected chi connectivity index (χ1v) is 9.90. The molecule has 0 N–H and O–H groups in total. The topological polar surface area (TPSA) is 55.7 Å². The summed E-state index contributed by atoms with van der Waals surface area (Å²) in [4.78, 5) is 0.0275. The maximum Gasteiger partial charge on any atom is 0.573 e. The lowest BCUT2D eigenvalue weighted by molar-refractivity contribution is -0.274. The smallest absolute Gasteiger partial charge is 0.405 e. The third-order valence-electron chi connectivity index (χ3n) is 3.97. The van der Waals surface area contributed by atoms with Crippen LogP contribution >= 0.6 is 0 Å². The number of hydrogen-bond donors (Lipinski definition) is 0. The van der Waals surface area contributed by atoms with Crippen molar-refractivity contribution in [3.63, 3.8) is 0 Å². The minimum absolute atomic E-state index is 0.0275. The fourth-order valence-electron chi connectivity index (χ4n) is 2.59. The SMILES string of the molecule is Cc1ccc(S(=O)(=O)N=Cc2ccc(OC(F)(F)F)c(-c3ccccc3)c2)cc1. The van der Waals surface area contributed by atoms with Crippen molar-refractivity contribution < 1.29 is 26.3 Å². The van der Waals surface area contributed by atoms with Crippen molar-refractivity contribution in [1.29, 1.82) is 0 Å². The largest absolute Gasteiger partial charge is 0.573 e. The third kappa shape index (κ3) is 5.45. The fourth-order valence-corrected chi connectivity index (χ4v) is 3.45. The first kappa shape index (κ1) is 20.6. The Labute approximate surface area is 166 Å². The Hall–Kier alpha value is -3.13. The van der Waals surface area contributed by atoms with Crippen molar-refractivity contribution in [3.8, 4) is 16.9 Å². The summed E-state index contributed by atoms with van der Waals surface area (Å²) in [5, 5.41) is 0. The first-order chi connectivity index (χ1) is 13.6. The molecule has 0 aliphatic rings. The van der Waals surface area contributed by atoms with Gasteiger partial charge in [0.2, 0.25) is 0 Å². The molecule has 150 valence electrons. The van der Waals surface area contributed by atoms with Crippen LogP contribution in [0.5, 0.6) is 5.75 Å². The molecule has 0 spiro atoms. The van der Waals surface area contributed by atoms with E-state index in [0.29, 0.717) is 11.1 Å². The van der Waals surface area contributed by atoms with E-state index >= 15 is 0 Å². The van der Waals surface area contributed by atoms with E-state index in [4.69, 9.17) is 0 Å². The van der Waals surface area contributed by atoms with Gasteiger partial charge in [-0.05, 0) is 48.4 Å². The van der Waals surface area contributed by atoms with Gasteiger partial charge in [-0.3, -0.25) is 0 Å². The zero-order valence-corrected chi connectivity index (χ0v) is 16.0. The van der Waals surface area contributed by atoms with Gasteiger partial charge in [0.15, 0.2) is 0 Å². The first-order valence-electron chi connectivity index (χ1n) is 8.46. The van der Waals surface area contributed by atoms with Crippen LogP contribution in [0, 0.1) is 6.92 Å². The fraction of sp³-hybridized carbons (Fsp3) is 0.0952. The van der Waals surface area contributed by atoms with Gasteiger partial charge in [-0.2, -0.15) is 12.8 Å². The average molecular weight is 419 g/mol. The summed E-state index contributed by atoms with van der Waals surface area (Å²) in [5.41, 5.74) is 1.87. The molecular formula is C21H16F3NO3S. The number of aryl methyl sites for hydroxylation is 1. The Bertz CT molecular complexity index is 1120. The van der Waals surface area contributed by atoms with Crippen molar-refractivity contribution in [2.24, 2.45) is 4.40 Å². The number of hydrogen-bond acceptors (Lipinski definition) is 3. The summed E-state index contributed by atoms with van der Waals surface area (Å²) in [6, 6.07) is 18.4. The van der Waals surface area contributed by atoms with E-state index in [9.17, 15) is 21.6 Å². The molecule has 29 heavy (non-hydrogen) atoms. The van der Waals surface area contributed by atoms with E-state index in [1.54, 1.807) is 42.5 Å². The normalized spacial score (nSPS) is 12.3. The molecule has 0 radical (unpaired) electrons. The van der Waals surface area contributed by atoms with Gasteiger partial charge in [-0.1, -0.05) is 48.0 Å². The predicted molar refractivity (Wildman–Crippen MR) is 105 cm³/mol. The van der Waals surface area contributed by atoms with Crippen LogP contribution in [0.2, 0.25) is 0 Å². The van der Waals surface area contributed by atoms with Crippen molar-refractivity contribution in [2.45, 2.75) is 18.2 Å². The van der Waals surface area contributed by atoms with E-state index < -0.39 is 16.4 Å². The molecule has 0 aromatic heterocycles. The van der Waals surface area contributed by atoms with E-state index in [2.05, 4.69) is 9.13 Å². The molecule has 3 aromatic rings. The Morgan fingerprint density at radius 2 is 1.59 bits per heavy atom. The summed E-state index contributed by atoms with van der Waals surface area (Å²) in [5.74, 6) is -0.387. The van der Waals surface area contributed by atoms with Crippen LogP contribution in [-0.4, -0.2) is 21.0 Å². The molecule has 0 saturated carbocycles. The number of alkyl halides is 3. The summed E-state index contributed by atoms with van der Waals surface area (Å²) in [7, 11) is -3.93. The Morgan fingerprint density at radius 1 is 0.931 bits per heavy atom. The van der Waals surface area contributed by atoms with Gasteiger partial charge in [-0.25, -0.2) is 0 Å². The highest BCUT2D eigenvalue weighted by Gasteiger charge is 2.32. The van der Waals surface area contributed by atoms with Crippen LogP contribution < -0.4 is 4.74 Å². The standard InChI is InChI=1S/C21H16F3NO3S/c1-15-7-10-18(11-8-15)29(26,27)25-14-16-9-12-20(28-21(22,23)24)19(13-16)17-5-3-2-4-6-17/h2-14H,1H3. The second kappa shape index (κ2) is 8.08. The van der Waals surface area contributed by atoms with E-state index in [1.807, 2.05) is 6.92 Å². The van der Waals surface area contributed by atoms with Crippen molar-refractivity contribution >= 4 is 16.2 Å². The Morgan fingerprint density at radius 3 is 2.21 bits per heavy atom. The number of rotatable bonds is 5. The van der Waals surface area contributed by atoms with E-state index in [1.165, 1.54) is 24.3 Å². The van der Waals surface area contributed by atoms with Crippen LogP contribution in [0.3, 0.4) is 0 Å². The van der Waals surface area contributed by atoms with Crippen LogP contribution in [0.15, 0.2) is 82.1 Å². The van der Waals surface area contributed by atoms with E-state index in [0.717, 1.165) is 17.8 Å². The van der Waals surface area contributed by atoms with Crippen LogP contribution in [0.1, 0.15) is 11.1 Å². The minimum Gasteiger partial charge on any atom is -0.405 e. The molecule has 4 nitrogen and oxygen atoms in total. The number of nitrogens with zero attached hydrogens (tertiary/aromatic N) is 1. The highest BCUT2D eigenvalue weighted by molar-refractivity contribution is 7.90. The summed E-state index contributed by atoms with van der Waals surface area (Å²) in [6.45, 7) is 1.83. The number of benzene rings is 3. The third-order valence-corrected chi connectivity index (χ3v) is 5.22. The highest BCUT2D eigenvalue weighted by Crippen LogP contribution is 2.34. The molecule has 0 aliphatic heterocycles. The highest BCUT2D eigenvalue weighted by atomic mass is 32.2. The van der Waals surface area contributed by atoms with Gasteiger partial charge in [0.25, 0.3) is 10.0 Å². The Kier molecular flexibility index (Phi) is 5.74. The van der Waals surface area contributed by atoms with Crippen molar-refractivity contribution in [1.82, 2.24) is 0 Å². The molecule has 0 heterocycles. The predicted octanol–water partition coefficient (Wildman–Crippen LogP) is 5.37. The maximum atomic E-state index is 12.7. The minimum atomic E-state index is -4.85. The number of sulfonamides is 1. The summed E-state index contributed by atoms with van der Waals surface area (Å²) < 4.78 is 70.7. The van der Waals surface area contributed by atoms with Crippen LogP contribution in [0.4, 0.5) is 13.2 Å². The van der Waals surface area contributed by atoms with Gasteiger partial charge < -0.3 is 4.74 Å². The molecule has 0 amide bonds. The molecule has 0 bridgehead atoms. The lowest BCUT2D eigenvalue weighted by Crippen LogP contribution is -2.17. The average Bonchev–Trinajstić information content (AvgIpc) is 2.67. The van der Waals surface area contributed by atoms with Gasteiger partial charge >= 0.3 is 6.36 Å². The monoisotopic (exact) mass is 419 g/mol. The molecule has 3 aromatic carbocycles. The van der Waals surface area contributed by atoms with Crippen molar-refractivity contribution in [2.75, 3.05) is 0 Å². The van der Waals surface area contributed by atoms with E-state index in [-0.39, 0.29) is 16.2 Å². The zero-order chi connectivity index (χ0) is 21.1. The van der Waals surface area contributed by atoms with Crippen LogP contribution in [0.25, 0.3) is 11.1 Å². The second-order valence-corrected chi connectivity index (χ2v) is 7.82. The maximum absolute atomic E-state index is 12.7. The van der Waals surface area contributed by atoms with Crippen molar-refractivity contribution in [3.05, 3.63) is 83.9 Å². The molecule has 0 fully saturated rings. The molecule has 0 aliphatic carbocycles. The number of halogens is 3. The molecule has 3 rings (SSSR count). The zero-order valence-electron chi connectivity index (χ0n) is 15.2. The molecule has 8 heteroatoms. The Balaban J connectivity index is 1.98. The number of ether oxygens (including phenoxy) is 1. The van der Waals surface area contributed by atoms with Gasteiger partial charge in [0, 0.05) is 11.8 Å². The molecule has 0 unspecified atom stereocenters. The van der Waals surface area contributed by atoms with Gasteiger partial charge in [0.1, 0.15) is 5.75 Å². The second-order valence-electron chi connectivity index (χ2n) is 6.19. The lowest BCUT2D eigenvalue weighted by Gasteiger charge is -2.14. The summed E-state index contributed by atoms with van der Waals surface area (Å²) >= 11 is 0. The van der Waals surface area contributed by atoms with Crippen LogP contribution in [-0.2, 0) is 10.0 Å².